The normalized spacial score (nSPS) is 13.2. The maximum absolute atomic E-state index is 12.6. The molecule has 5 nitrogen and oxygen atoms in total. The first kappa shape index (κ1) is 19.0. The fourth-order valence-corrected chi connectivity index (χ4v) is 3.44. The Morgan fingerprint density at radius 1 is 1.04 bits per heavy atom. The van der Waals surface area contributed by atoms with E-state index in [0.29, 0.717) is 17.5 Å². The van der Waals surface area contributed by atoms with Crippen LogP contribution in [0.4, 0.5) is 5.69 Å². The number of benzene rings is 2. The second kappa shape index (κ2) is 8.27. The molecule has 0 radical (unpaired) electrons. The van der Waals surface area contributed by atoms with E-state index < -0.39 is 0 Å². The van der Waals surface area contributed by atoms with Crippen LogP contribution in [-0.2, 0) is 17.8 Å². The molecular weight excluding hydrogens is 340 g/mol. The number of rotatable bonds is 8. The molecule has 0 aliphatic carbocycles. The van der Waals surface area contributed by atoms with Crippen LogP contribution >= 0.6 is 0 Å². The molecule has 27 heavy (non-hydrogen) atoms. The minimum absolute atomic E-state index is 0.186. The Hall–Kier alpha value is -2.79. The van der Waals surface area contributed by atoms with E-state index in [4.69, 9.17) is 0 Å². The van der Waals surface area contributed by atoms with Crippen molar-refractivity contribution in [3.8, 4) is 0 Å². The number of amides is 2. The quantitative estimate of drug-likeness (QED) is 0.577. The average molecular weight is 365 g/mol. The third-order valence-electron chi connectivity index (χ3n) is 4.81. The average Bonchev–Trinajstić information content (AvgIpc) is 2.89. The number of imide groups is 1. The van der Waals surface area contributed by atoms with Gasteiger partial charge in [-0.15, -0.1) is 0 Å². The van der Waals surface area contributed by atoms with Crippen molar-refractivity contribution in [3.05, 3.63) is 64.7 Å². The summed E-state index contributed by atoms with van der Waals surface area (Å²) in [4.78, 5) is 37.6. The summed E-state index contributed by atoms with van der Waals surface area (Å²) in [5.41, 5.74) is 4.21. The summed E-state index contributed by atoms with van der Waals surface area (Å²) < 4.78 is 0. The van der Waals surface area contributed by atoms with E-state index in [1.807, 2.05) is 12.1 Å². The van der Waals surface area contributed by atoms with Gasteiger partial charge in [-0.25, -0.2) is 0 Å². The van der Waals surface area contributed by atoms with Crippen LogP contribution in [0.5, 0.6) is 0 Å². The Kier molecular flexibility index (Phi) is 5.81. The summed E-state index contributed by atoms with van der Waals surface area (Å²) >= 11 is 0. The summed E-state index contributed by atoms with van der Waals surface area (Å²) in [6, 6.07) is 13.0. The largest absolute Gasteiger partial charge is 0.313 e. The van der Waals surface area contributed by atoms with E-state index in [-0.39, 0.29) is 24.1 Å². The summed E-state index contributed by atoms with van der Waals surface area (Å²) in [6.45, 7) is 4.72. The van der Waals surface area contributed by atoms with E-state index in [9.17, 15) is 14.4 Å². The number of hydrogen-bond donors (Lipinski definition) is 1. The van der Waals surface area contributed by atoms with Gasteiger partial charge in [-0.05, 0) is 43.2 Å². The van der Waals surface area contributed by atoms with Gasteiger partial charge in [0.05, 0.1) is 30.6 Å². The van der Waals surface area contributed by atoms with Gasteiger partial charge in [0.25, 0.3) is 11.8 Å². The van der Waals surface area contributed by atoms with Crippen molar-refractivity contribution in [2.24, 2.45) is 0 Å². The third kappa shape index (κ3) is 4.14. The Balaban J connectivity index is 1.77. The molecule has 1 heterocycles. The maximum Gasteiger partial charge on any atom is 0.261 e. The minimum atomic E-state index is -0.232. The van der Waals surface area contributed by atoms with Crippen LogP contribution in [0.25, 0.3) is 0 Å². The third-order valence-corrected chi connectivity index (χ3v) is 4.81. The van der Waals surface area contributed by atoms with Gasteiger partial charge in [0.2, 0.25) is 0 Å². The Morgan fingerprint density at radius 2 is 1.70 bits per heavy atom. The van der Waals surface area contributed by atoms with Gasteiger partial charge >= 0.3 is 0 Å². The molecule has 2 aromatic carbocycles. The molecule has 0 unspecified atom stereocenters. The molecule has 0 aromatic heterocycles. The van der Waals surface area contributed by atoms with Gasteiger partial charge in [-0.2, -0.15) is 0 Å². The molecule has 0 saturated heterocycles. The molecule has 0 atom stereocenters. The lowest BCUT2D eigenvalue weighted by molar-refractivity contribution is -0.570. The topological polar surface area (TPSA) is 71.1 Å². The molecular formula is C22H25N2O3+. The molecule has 0 saturated carbocycles. The molecule has 0 spiro atoms. The summed E-state index contributed by atoms with van der Waals surface area (Å²) in [5.74, 6) is -0.278. The first-order valence-electron chi connectivity index (χ1n) is 9.41. The van der Waals surface area contributed by atoms with Crippen molar-refractivity contribution in [2.45, 2.75) is 39.7 Å². The standard InChI is InChI=1S/C22H24N2O3/c1-3-6-17-13-16(9-10-20(17)23-12-11-15(2)25)14-24-21(26)18-7-4-5-8-19(18)22(24)27/h4-5,7-10,13,23H,3,6,11-12,14H2,1-2H3/p+1. The number of aryl methyl sites for hydroxylation is 1. The van der Waals surface area contributed by atoms with Crippen molar-refractivity contribution < 1.29 is 19.7 Å². The van der Waals surface area contributed by atoms with Gasteiger partial charge in [0.15, 0.2) is 0 Å². The first-order chi connectivity index (χ1) is 13.0. The second-order valence-electron chi connectivity index (χ2n) is 6.97. The van der Waals surface area contributed by atoms with Crippen molar-refractivity contribution >= 4 is 23.3 Å². The number of nitrogens with two attached hydrogens (primary N) is 1. The van der Waals surface area contributed by atoms with E-state index >= 15 is 0 Å². The smallest absolute Gasteiger partial charge is 0.261 e. The van der Waals surface area contributed by atoms with E-state index in [1.54, 1.807) is 31.2 Å². The second-order valence-corrected chi connectivity index (χ2v) is 6.97. The minimum Gasteiger partial charge on any atom is -0.313 e. The van der Waals surface area contributed by atoms with Crippen LogP contribution in [0.15, 0.2) is 42.5 Å². The highest BCUT2D eigenvalue weighted by molar-refractivity contribution is 6.21. The SMILES string of the molecule is CCCc1cc(CN2C(=O)c3ccccc3C2=O)ccc1[NH2+]CCC(C)=O. The number of quaternary nitrogens is 1. The monoisotopic (exact) mass is 365 g/mol. The number of ketones is 1. The molecule has 3 rings (SSSR count). The fraction of sp³-hybridized carbons (Fsp3) is 0.318. The zero-order chi connectivity index (χ0) is 19.4. The van der Waals surface area contributed by atoms with Gasteiger partial charge in [-0.3, -0.25) is 19.3 Å². The lowest BCUT2D eigenvalue weighted by Crippen LogP contribution is -2.78. The van der Waals surface area contributed by atoms with Crippen LogP contribution in [-0.4, -0.2) is 29.0 Å². The van der Waals surface area contributed by atoms with Crippen LogP contribution < -0.4 is 5.32 Å². The fourth-order valence-electron chi connectivity index (χ4n) is 3.44. The molecule has 1 aliphatic heterocycles. The molecule has 2 N–H and O–H groups in total. The zero-order valence-electron chi connectivity index (χ0n) is 15.8. The van der Waals surface area contributed by atoms with Crippen molar-refractivity contribution in [1.82, 2.24) is 4.90 Å². The predicted molar refractivity (Wildman–Crippen MR) is 103 cm³/mol. The number of carbonyl (C=O) groups excluding carboxylic acids is 3. The van der Waals surface area contributed by atoms with Crippen LogP contribution in [0.3, 0.4) is 0 Å². The Labute approximate surface area is 159 Å². The summed E-state index contributed by atoms with van der Waals surface area (Å²) in [5, 5.41) is 2.10. The number of nitrogens with zero attached hydrogens (tertiary/aromatic N) is 1. The summed E-state index contributed by atoms with van der Waals surface area (Å²) in [6.07, 6.45) is 2.47. The number of hydrogen-bond acceptors (Lipinski definition) is 3. The lowest BCUT2D eigenvalue weighted by atomic mass is 10.0. The van der Waals surface area contributed by atoms with Crippen LogP contribution in [0.1, 0.15) is 58.5 Å². The molecule has 5 heteroatoms. The van der Waals surface area contributed by atoms with Crippen molar-refractivity contribution in [2.75, 3.05) is 6.54 Å². The molecule has 1 aliphatic rings. The van der Waals surface area contributed by atoms with Gasteiger partial charge < -0.3 is 5.32 Å². The molecule has 0 bridgehead atoms. The van der Waals surface area contributed by atoms with Gasteiger partial charge in [0.1, 0.15) is 11.5 Å². The number of carbonyl (C=O) groups is 3. The van der Waals surface area contributed by atoms with Crippen LogP contribution in [0.2, 0.25) is 0 Å². The summed E-state index contributed by atoms with van der Waals surface area (Å²) in [7, 11) is 0. The maximum atomic E-state index is 12.6. The Bertz CT molecular complexity index is 854. The predicted octanol–water partition coefficient (Wildman–Crippen LogP) is 2.61. The zero-order valence-corrected chi connectivity index (χ0v) is 15.8. The van der Waals surface area contributed by atoms with Crippen molar-refractivity contribution in [3.63, 3.8) is 0 Å². The Morgan fingerprint density at radius 3 is 2.30 bits per heavy atom. The van der Waals surface area contributed by atoms with Crippen LogP contribution in [0, 0.1) is 0 Å². The van der Waals surface area contributed by atoms with Gasteiger partial charge in [0, 0.05) is 5.56 Å². The van der Waals surface area contributed by atoms with E-state index in [0.717, 1.165) is 30.6 Å². The molecule has 2 amide bonds. The lowest BCUT2D eigenvalue weighted by Gasteiger charge is -2.15. The number of fused-ring (bicyclic) bond motifs is 1. The molecule has 0 fully saturated rings. The highest BCUT2D eigenvalue weighted by atomic mass is 16.2. The van der Waals surface area contributed by atoms with E-state index in [1.165, 1.54) is 10.5 Å². The first-order valence-corrected chi connectivity index (χ1v) is 9.41. The van der Waals surface area contributed by atoms with Gasteiger partial charge in [-0.1, -0.05) is 31.5 Å². The highest BCUT2D eigenvalue weighted by Crippen LogP contribution is 2.25. The number of Topliss-reactive ketones (excluding diaryl/α,β-unsaturated/α-hetero) is 1. The molecule has 140 valence electrons. The highest BCUT2D eigenvalue weighted by Gasteiger charge is 2.35. The van der Waals surface area contributed by atoms with Crippen molar-refractivity contribution in [1.29, 1.82) is 0 Å². The molecule has 2 aromatic rings. The van der Waals surface area contributed by atoms with E-state index in [2.05, 4.69) is 18.3 Å².